The SMILES string of the molecule is c1ccc(-c2cccc(-n3c4ccccc4c4cc(-c5ccc6c(c5)c5cc(-c7ccccc7)ccc5n6-c5cccc6c5sc5ccccc56)ccc43)c2)cc1. The number of aromatic nitrogens is 2. The van der Waals surface area contributed by atoms with Gasteiger partial charge in [-0.1, -0.05) is 140 Å². The van der Waals surface area contributed by atoms with Crippen LogP contribution in [0.3, 0.4) is 0 Å². The molecule has 0 spiro atoms. The summed E-state index contributed by atoms with van der Waals surface area (Å²) < 4.78 is 7.53. The maximum atomic E-state index is 2.49. The fourth-order valence-corrected chi connectivity index (χ4v) is 10.3. The van der Waals surface area contributed by atoms with Crippen LogP contribution < -0.4 is 0 Å². The number of rotatable bonds is 5. The fraction of sp³-hybridized carbons (Fsp3) is 0. The summed E-state index contributed by atoms with van der Waals surface area (Å²) in [6, 6.07) is 75.6. The van der Waals surface area contributed by atoms with E-state index in [0.29, 0.717) is 0 Å². The highest BCUT2D eigenvalue weighted by molar-refractivity contribution is 7.26. The zero-order valence-corrected chi connectivity index (χ0v) is 31.7. The Balaban J connectivity index is 1.07. The van der Waals surface area contributed by atoms with E-state index in [2.05, 4.69) is 215 Å². The maximum Gasteiger partial charge on any atom is 0.0640 e. The lowest BCUT2D eigenvalue weighted by atomic mass is 9.99. The fourth-order valence-electron chi connectivity index (χ4n) is 9.07. The first-order valence-corrected chi connectivity index (χ1v) is 20.3. The number of hydrogen-bond acceptors (Lipinski definition) is 1. The summed E-state index contributed by atoms with van der Waals surface area (Å²) in [7, 11) is 0. The summed E-state index contributed by atoms with van der Waals surface area (Å²) in [5.74, 6) is 0. The molecule has 0 bridgehead atoms. The molecule has 3 heterocycles. The molecule has 57 heavy (non-hydrogen) atoms. The van der Waals surface area contributed by atoms with Crippen molar-refractivity contribution in [3.8, 4) is 44.8 Å². The van der Waals surface area contributed by atoms with Gasteiger partial charge in [0.25, 0.3) is 0 Å². The topological polar surface area (TPSA) is 9.86 Å². The second kappa shape index (κ2) is 12.7. The molecule has 0 radical (unpaired) electrons. The number of fused-ring (bicyclic) bond motifs is 9. The van der Waals surface area contributed by atoms with Crippen molar-refractivity contribution in [1.82, 2.24) is 9.13 Å². The first-order valence-electron chi connectivity index (χ1n) is 19.5. The van der Waals surface area contributed by atoms with Crippen molar-refractivity contribution in [3.05, 3.63) is 206 Å². The van der Waals surface area contributed by atoms with Gasteiger partial charge in [0.1, 0.15) is 0 Å². The highest BCUT2D eigenvalue weighted by atomic mass is 32.1. The molecule has 0 saturated heterocycles. The standard InChI is InChI=1S/C54H34N2S/c1-3-13-35(14-4-1)37-17-11-18-41(31-37)55-48-22-9-7-19-42(48)45-33-39(26-28-49(45)55)40-27-30-51-47(34-40)46-32-38(36-15-5-2-6-16-36)25-29-50(46)56(51)52-23-12-21-44-43-20-8-10-24-53(43)57-54(44)52/h1-34H. The summed E-state index contributed by atoms with van der Waals surface area (Å²) in [6.07, 6.45) is 0. The van der Waals surface area contributed by atoms with Crippen molar-refractivity contribution in [3.63, 3.8) is 0 Å². The Labute approximate surface area is 333 Å². The molecule has 0 atom stereocenters. The molecule has 12 rings (SSSR count). The van der Waals surface area contributed by atoms with Crippen LogP contribution in [0.4, 0.5) is 0 Å². The van der Waals surface area contributed by atoms with Gasteiger partial charge in [0, 0.05) is 42.7 Å². The van der Waals surface area contributed by atoms with E-state index < -0.39 is 0 Å². The van der Waals surface area contributed by atoms with E-state index in [0.717, 1.165) is 5.69 Å². The average Bonchev–Trinajstić information content (AvgIpc) is 3.94. The monoisotopic (exact) mass is 742 g/mol. The number of thiophene rings is 1. The van der Waals surface area contributed by atoms with Crippen molar-refractivity contribution < 1.29 is 0 Å². The largest absolute Gasteiger partial charge is 0.309 e. The van der Waals surface area contributed by atoms with Gasteiger partial charge in [0.15, 0.2) is 0 Å². The van der Waals surface area contributed by atoms with Gasteiger partial charge in [-0.05, 0) is 100 Å². The number of hydrogen-bond donors (Lipinski definition) is 0. The van der Waals surface area contributed by atoms with Crippen LogP contribution in [-0.4, -0.2) is 9.13 Å². The van der Waals surface area contributed by atoms with E-state index >= 15 is 0 Å². The Morgan fingerprint density at radius 1 is 0.281 bits per heavy atom. The molecule has 3 aromatic heterocycles. The molecule has 0 N–H and O–H groups in total. The van der Waals surface area contributed by atoms with E-state index in [1.807, 2.05) is 11.3 Å². The Morgan fingerprint density at radius 3 is 1.44 bits per heavy atom. The summed E-state index contributed by atoms with van der Waals surface area (Å²) in [6.45, 7) is 0. The summed E-state index contributed by atoms with van der Waals surface area (Å²) in [5.41, 5.74) is 14.5. The van der Waals surface area contributed by atoms with Crippen LogP contribution >= 0.6 is 11.3 Å². The predicted molar refractivity (Wildman–Crippen MR) is 244 cm³/mol. The molecule has 0 unspecified atom stereocenters. The Morgan fingerprint density at radius 2 is 0.754 bits per heavy atom. The van der Waals surface area contributed by atoms with Crippen LogP contribution in [0.1, 0.15) is 0 Å². The molecule has 0 fully saturated rings. The van der Waals surface area contributed by atoms with Gasteiger partial charge in [-0.3, -0.25) is 0 Å². The van der Waals surface area contributed by atoms with Crippen molar-refractivity contribution in [1.29, 1.82) is 0 Å². The summed E-state index contributed by atoms with van der Waals surface area (Å²) in [4.78, 5) is 0. The molecule has 266 valence electrons. The highest BCUT2D eigenvalue weighted by Gasteiger charge is 2.19. The van der Waals surface area contributed by atoms with E-state index in [9.17, 15) is 0 Å². The predicted octanol–water partition coefficient (Wildman–Crippen LogP) is 15.2. The molecule has 0 saturated carbocycles. The zero-order valence-electron chi connectivity index (χ0n) is 30.9. The van der Waals surface area contributed by atoms with Crippen LogP contribution in [0.5, 0.6) is 0 Å². The van der Waals surface area contributed by atoms with E-state index in [-0.39, 0.29) is 0 Å². The van der Waals surface area contributed by atoms with Gasteiger partial charge in [-0.25, -0.2) is 0 Å². The second-order valence-electron chi connectivity index (χ2n) is 14.9. The lowest BCUT2D eigenvalue weighted by Gasteiger charge is -2.11. The average molecular weight is 743 g/mol. The third kappa shape index (κ3) is 5.03. The second-order valence-corrected chi connectivity index (χ2v) is 16.0. The van der Waals surface area contributed by atoms with Gasteiger partial charge >= 0.3 is 0 Å². The third-order valence-electron chi connectivity index (χ3n) is 11.7. The van der Waals surface area contributed by atoms with Crippen molar-refractivity contribution in [2.24, 2.45) is 0 Å². The summed E-state index contributed by atoms with van der Waals surface area (Å²) in [5, 5.41) is 7.62. The highest BCUT2D eigenvalue weighted by Crippen LogP contribution is 2.43. The van der Waals surface area contributed by atoms with E-state index in [4.69, 9.17) is 0 Å². The Bertz CT molecular complexity index is 3510. The van der Waals surface area contributed by atoms with Gasteiger partial charge in [0.2, 0.25) is 0 Å². The lowest BCUT2D eigenvalue weighted by Crippen LogP contribution is -1.94. The van der Waals surface area contributed by atoms with Crippen molar-refractivity contribution in [2.45, 2.75) is 0 Å². The first-order chi connectivity index (χ1) is 28.3. The lowest BCUT2D eigenvalue weighted by molar-refractivity contribution is 1.18. The van der Waals surface area contributed by atoms with Crippen LogP contribution in [0, 0.1) is 0 Å². The van der Waals surface area contributed by atoms with E-state index in [1.54, 1.807) is 0 Å². The van der Waals surface area contributed by atoms with Crippen LogP contribution in [-0.2, 0) is 0 Å². The van der Waals surface area contributed by atoms with Crippen molar-refractivity contribution in [2.75, 3.05) is 0 Å². The molecule has 0 amide bonds. The first kappa shape index (κ1) is 32.1. The normalized spacial score (nSPS) is 11.9. The van der Waals surface area contributed by atoms with Crippen LogP contribution in [0.2, 0.25) is 0 Å². The molecule has 3 heteroatoms. The van der Waals surface area contributed by atoms with Crippen LogP contribution in [0.15, 0.2) is 206 Å². The molecule has 9 aromatic carbocycles. The van der Waals surface area contributed by atoms with Gasteiger partial charge in [0.05, 0.1) is 32.5 Å². The molecule has 0 aliphatic carbocycles. The quantitative estimate of drug-likeness (QED) is 0.166. The molecule has 12 aromatic rings. The Kier molecular flexibility index (Phi) is 7.13. The van der Waals surface area contributed by atoms with Crippen LogP contribution in [0.25, 0.3) is 109 Å². The van der Waals surface area contributed by atoms with Gasteiger partial charge < -0.3 is 9.13 Å². The van der Waals surface area contributed by atoms with Crippen molar-refractivity contribution >= 4 is 75.1 Å². The van der Waals surface area contributed by atoms with E-state index in [1.165, 1.54) is 103 Å². The summed E-state index contributed by atoms with van der Waals surface area (Å²) >= 11 is 1.88. The molecule has 0 aliphatic heterocycles. The number of nitrogens with zero attached hydrogens (tertiary/aromatic N) is 2. The molecular weight excluding hydrogens is 709 g/mol. The number of benzene rings is 9. The molecular formula is C54H34N2S. The Hall–Kier alpha value is -7.20. The molecule has 2 nitrogen and oxygen atoms in total. The minimum atomic E-state index is 1.16. The minimum absolute atomic E-state index is 1.16. The third-order valence-corrected chi connectivity index (χ3v) is 12.9. The zero-order chi connectivity index (χ0) is 37.5. The van der Waals surface area contributed by atoms with Gasteiger partial charge in [-0.2, -0.15) is 0 Å². The smallest absolute Gasteiger partial charge is 0.0640 e. The van der Waals surface area contributed by atoms with Gasteiger partial charge in [-0.15, -0.1) is 11.3 Å². The number of para-hydroxylation sites is 1. The molecule has 0 aliphatic rings. The maximum absolute atomic E-state index is 2.49. The minimum Gasteiger partial charge on any atom is -0.309 e.